The zero-order chi connectivity index (χ0) is 13.9. The number of ether oxygens (including phenoxy) is 1. The molecule has 0 spiro atoms. The number of methoxy groups -OCH3 is 1. The van der Waals surface area contributed by atoms with E-state index in [1.165, 1.54) is 0 Å². The van der Waals surface area contributed by atoms with Crippen molar-refractivity contribution in [1.82, 2.24) is 9.97 Å². The highest BCUT2D eigenvalue weighted by molar-refractivity contribution is 6.34. The Morgan fingerprint density at radius 1 is 1.11 bits per heavy atom. The van der Waals surface area contributed by atoms with Gasteiger partial charge in [0.2, 0.25) is 0 Å². The van der Waals surface area contributed by atoms with E-state index in [1.54, 1.807) is 7.11 Å². The van der Waals surface area contributed by atoms with Crippen LogP contribution >= 0.6 is 23.2 Å². The van der Waals surface area contributed by atoms with Gasteiger partial charge in [0, 0.05) is 12.7 Å². The summed E-state index contributed by atoms with van der Waals surface area (Å²) in [6.45, 7) is 8.10. The maximum Gasteiger partial charge on any atom is 0.163 e. The summed E-state index contributed by atoms with van der Waals surface area (Å²) < 4.78 is 5.59. The second-order valence-electron chi connectivity index (χ2n) is 4.60. The highest BCUT2D eigenvalue weighted by Gasteiger charge is 2.33. The lowest BCUT2D eigenvalue weighted by Gasteiger charge is -2.29. The lowest BCUT2D eigenvalue weighted by molar-refractivity contribution is -0.0291. The molecule has 0 aliphatic rings. The quantitative estimate of drug-likeness (QED) is 0.745. The van der Waals surface area contributed by atoms with Crippen molar-refractivity contribution in [2.45, 2.75) is 52.1 Å². The van der Waals surface area contributed by atoms with Gasteiger partial charge in [0.1, 0.15) is 15.9 Å². The number of nitrogens with zero attached hydrogens (tertiary/aromatic N) is 2. The number of hydrogen-bond donors (Lipinski definition) is 0. The molecule has 0 aliphatic carbocycles. The van der Waals surface area contributed by atoms with Crippen molar-refractivity contribution in [3.05, 3.63) is 21.7 Å². The Morgan fingerprint density at radius 2 is 1.56 bits per heavy atom. The zero-order valence-electron chi connectivity index (χ0n) is 11.6. The minimum atomic E-state index is -0.511. The predicted molar refractivity (Wildman–Crippen MR) is 75.4 cm³/mol. The lowest BCUT2D eigenvalue weighted by atomic mass is 9.95. The molecule has 1 heterocycles. The third-order valence-electron chi connectivity index (χ3n) is 3.37. The number of halogens is 2. The van der Waals surface area contributed by atoms with E-state index in [1.807, 2.05) is 27.7 Å². The fourth-order valence-electron chi connectivity index (χ4n) is 2.04. The van der Waals surface area contributed by atoms with E-state index in [0.29, 0.717) is 16.1 Å². The van der Waals surface area contributed by atoms with Crippen LogP contribution in [0.1, 0.15) is 57.8 Å². The SMILES string of the molecule is CCC(CC)(OC)c1nc(Cl)c(C(C)C)c(Cl)n1. The van der Waals surface area contributed by atoms with Crippen LogP contribution in [0.4, 0.5) is 0 Å². The maximum absolute atomic E-state index is 6.22. The average Bonchev–Trinajstić information content (AvgIpc) is 2.30. The average molecular weight is 291 g/mol. The summed E-state index contributed by atoms with van der Waals surface area (Å²) in [5.74, 6) is 0.758. The molecule has 0 atom stereocenters. The summed E-state index contributed by atoms with van der Waals surface area (Å²) in [7, 11) is 1.66. The summed E-state index contributed by atoms with van der Waals surface area (Å²) in [6, 6.07) is 0. The Hall–Kier alpha value is -0.380. The first kappa shape index (κ1) is 15.7. The highest BCUT2D eigenvalue weighted by atomic mass is 35.5. The molecule has 3 nitrogen and oxygen atoms in total. The van der Waals surface area contributed by atoms with E-state index in [-0.39, 0.29) is 5.92 Å². The summed E-state index contributed by atoms with van der Waals surface area (Å²) >= 11 is 12.4. The van der Waals surface area contributed by atoms with Crippen molar-refractivity contribution in [2.75, 3.05) is 7.11 Å². The van der Waals surface area contributed by atoms with Gasteiger partial charge in [0.25, 0.3) is 0 Å². The van der Waals surface area contributed by atoms with Crippen molar-refractivity contribution in [2.24, 2.45) is 0 Å². The molecule has 0 N–H and O–H groups in total. The van der Waals surface area contributed by atoms with Crippen LogP contribution in [0.15, 0.2) is 0 Å². The number of rotatable bonds is 5. The Labute approximate surface area is 119 Å². The van der Waals surface area contributed by atoms with Gasteiger partial charge < -0.3 is 4.74 Å². The van der Waals surface area contributed by atoms with Crippen molar-refractivity contribution in [3.8, 4) is 0 Å². The molecule has 0 bridgehead atoms. The summed E-state index contributed by atoms with van der Waals surface area (Å²) in [6.07, 6.45) is 1.54. The van der Waals surface area contributed by atoms with Crippen LogP contribution in [0.2, 0.25) is 10.3 Å². The zero-order valence-corrected chi connectivity index (χ0v) is 13.1. The number of hydrogen-bond acceptors (Lipinski definition) is 3. The molecule has 0 fully saturated rings. The lowest BCUT2D eigenvalue weighted by Crippen LogP contribution is -2.29. The van der Waals surface area contributed by atoms with E-state index in [9.17, 15) is 0 Å². The molecule has 0 aromatic carbocycles. The Bertz CT molecular complexity index is 386. The van der Waals surface area contributed by atoms with Crippen molar-refractivity contribution in [1.29, 1.82) is 0 Å². The second-order valence-corrected chi connectivity index (χ2v) is 5.32. The van der Waals surface area contributed by atoms with Gasteiger partial charge in [-0.05, 0) is 18.8 Å². The maximum atomic E-state index is 6.22. The van der Waals surface area contributed by atoms with Gasteiger partial charge in [-0.3, -0.25) is 0 Å². The van der Waals surface area contributed by atoms with E-state index in [2.05, 4.69) is 9.97 Å². The van der Waals surface area contributed by atoms with E-state index < -0.39 is 5.60 Å². The van der Waals surface area contributed by atoms with E-state index in [4.69, 9.17) is 27.9 Å². The van der Waals surface area contributed by atoms with Crippen LogP contribution in [-0.4, -0.2) is 17.1 Å². The standard InChI is InChI=1S/C13H20Cl2N2O/c1-6-13(7-2,18-5)12-16-10(14)9(8(3)4)11(15)17-12/h8H,6-7H2,1-5H3. The van der Waals surface area contributed by atoms with Crippen LogP contribution in [0.3, 0.4) is 0 Å². The topological polar surface area (TPSA) is 35.0 Å². The van der Waals surface area contributed by atoms with Gasteiger partial charge in [0.05, 0.1) is 0 Å². The minimum Gasteiger partial charge on any atom is -0.370 e. The van der Waals surface area contributed by atoms with Gasteiger partial charge >= 0.3 is 0 Å². The largest absolute Gasteiger partial charge is 0.370 e. The molecule has 0 saturated heterocycles. The third-order valence-corrected chi connectivity index (χ3v) is 3.95. The van der Waals surface area contributed by atoms with Crippen molar-refractivity contribution >= 4 is 23.2 Å². The van der Waals surface area contributed by atoms with Gasteiger partial charge in [-0.25, -0.2) is 9.97 Å². The predicted octanol–water partition coefficient (Wildman–Crippen LogP) is 4.57. The monoisotopic (exact) mass is 290 g/mol. The second kappa shape index (κ2) is 6.18. The molecule has 0 unspecified atom stereocenters. The van der Waals surface area contributed by atoms with E-state index in [0.717, 1.165) is 18.4 Å². The van der Waals surface area contributed by atoms with Crippen molar-refractivity contribution < 1.29 is 4.74 Å². The normalized spacial score (nSPS) is 12.2. The van der Waals surface area contributed by atoms with Gasteiger partial charge in [0.15, 0.2) is 5.82 Å². The smallest absolute Gasteiger partial charge is 0.163 e. The van der Waals surface area contributed by atoms with Gasteiger partial charge in [-0.2, -0.15) is 0 Å². The van der Waals surface area contributed by atoms with Crippen LogP contribution in [0.5, 0.6) is 0 Å². The Balaban J connectivity index is 3.36. The molecular weight excluding hydrogens is 271 g/mol. The summed E-state index contributed by atoms with van der Waals surface area (Å²) in [4.78, 5) is 8.77. The molecule has 1 aromatic rings. The van der Waals surface area contributed by atoms with Crippen LogP contribution in [-0.2, 0) is 10.3 Å². The Morgan fingerprint density at radius 3 is 1.83 bits per heavy atom. The molecule has 0 saturated carbocycles. The summed E-state index contributed by atoms with van der Waals surface area (Å²) in [5, 5.41) is 0.839. The summed E-state index contributed by atoms with van der Waals surface area (Å²) in [5.41, 5.74) is 0.280. The van der Waals surface area contributed by atoms with Gasteiger partial charge in [-0.1, -0.05) is 50.9 Å². The first-order valence-corrected chi connectivity index (χ1v) is 6.96. The molecule has 18 heavy (non-hydrogen) atoms. The highest BCUT2D eigenvalue weighted by Crippen LogP contribution is 2.35. The fraction of sp³-hybridized carbons (Fsp3) is 0.692. The Kier molecular flexibility index (Phi) is 5.38. The molecule has 0 amide bonds. The molecular formula is C13H20Cl2N2O. The van der Waals surface area contributed by atoms with Crippen LogP contribution < -0.4 is 0 Å². The molecule has 5 heteroatoms. The first-order valence-electron chi connectivity index (χ1n) is 6.20. The molecule has 102 valence electrons. The third kappa shape index (κ3) is 2.79. The molecule has 1 rings (SSSR count). The van der Waals surface area contributed by atoms with Crippen LogP contribution in [0, 0.1) is 0 Å². The fourth-order valence-corrected chi connectivity index (χ4v) is 2.87. The molecule has 0 radical (unpaired) electrons. The van der Waals surface area contributed by atoms with Gasteiger partial charge in [-0.15, -0.1) is 0 Å². The minimum absolute atomic E-state index is 0.194. The molecule has 0 aliphatic heterocycles. The molecule has 1 aromatic heterocycles. The van der Waals surface area contributed by atoms with E-state index >= 15 is 0 Å². The first-order chi connectivity index (χ1) is 8.41. The van der Waals surface area contributed by atoms with Crippen LogP contribution in [0.25, 0.3) is 0 Å². The van der Waals surface area contributed by atoms with Crippen molar-refractivity contribution in [3.63, 3.8) is 0 Å². The number of aromatic nitrogens is 2.